The van der Waals surface area contributed by atoms with Crippen LogP contribution in [0.3, 0.4) is 0 Å². The second-order valence-corrected chi connectivity index (χ2v) is 7.46. The summed E-state index contributed by atoms with van der Waals surface area (Å²) in [6, 6.07) is 1.07. The molecule has 136 valence electrons. The number of carbonyl (C=O) groups is 2. The van der Waals surface area contributed by atoms with E-state index in [1.807, 2.05) is 4.90 Å². The molecule has 2 heterocycles. The Hall–Kier alpha value is -2.44. The van der Waals surface area contributed by atoms with Crippen molar-refractivity contribution in [1.29, 1.82) is 0 Å². The van der Waals surface area contributed by atoms with Crippen LogP contribution in [0.5, 0.6) is 0 Å². The van der Waals surface area contributed by atoms with Gasteiger partial charge in [-0.05, 0) is 57.1 Å². The van der Waals surface area contributed by atoms with Gasteiger partial charge in [0.2, 0.25) is 5.91 Å². The van der Waals surface area contributed by atoms with Gasteiger partial charge in [0.15, 0.2) is 0 Å². The Labute approximate surface area is 147 Å². The Bertz CT molecular complexity index is 703. The second-order valence-electron chi connectivity index (χ2n) is 7.46. The van der Waals surface area contributed by atoms with Crippen LogP contribution in [0.2, 0.25) is 0 Å². The van der Waals surface area contributed by atoms with Crippen molar-refractivity contribution in [3.8, 4) is 0 Å². The minimum Gasteiger partial charge on any atom is -0.402 e. The topological polar surface area (TPSA) is 117 Å². The zero-order valence-corrected chi connectivity index (χ0v) is 14.9. The zero-order valence-electron chi connectivity index (χ0n) is 14.9. The van der Waals surface area contributed by atoms with E-state index >= 15 is 0 Å². The van der Waals surface area contributed by atoms with E-state index in [4.69, 9.17) is 11.5 Å². The van der Waals surface area contributed by atoms with E-state index in [0.717, 1.165) is 25.9 Å². The normalized spacial score (nSPS) is 20.4. The smallest absolute Gasteiger partial charge is 0.268 e. The first kappa shape index (κ1) is 17.4. The Kier molecular flexibility index (Phi) is 4.49. The number of nitrogen functional groups attached to an aromatic ring is 1. The van der Waals surface area contributed by atoms with E-state index in [1.54, 1.807) is 26.0 Å². The number of carbonyl (C=O) groups excluding carboxylic acids is 2. The number of nitrogens with one attached hydrogen (secondary N) is 2. The number of anilines is 1. The fraction of sp³-hybridized carbons (Fsp3) is 0.556. The molecule has 1 saturated heterocycles. The molecule has 1 spiro atoms. The van der Waals surface area contributed by atoms with Crippen molar-refractivity contribution >= 4 is 23.7 Å². The maximum absolute atomic E-state index is 12.6. The quantitative estimate of drug-likeness (QED) is 0.660. The van der Waals surface area contributed by atoms with Crippen LogP contribution in [0.15, 0.2) is 11.8 Å². The molecule has 7 heteroatoms. The third-order valence-corrected chi connectivity index (χ3v) is 5.32. The largest absolute Gasteiger partial charge is 0.402 e. The third kappa shape index (κ3) is 3.81. The van der Waals surface area contributed by atoms with Gasteiger partial charge in [0.25, 0.3) is 5.91 Å². The molecule has 2 amide bonds. The second kappa shape index (κ2) is 6.46. The lowest BCUT2D eigenvalue weighted by atomic mass is 9.93. The minimum absolute atomic E-state index is 0.0266. The number of likely N-dealkylation sites (tertiary alicyclic amines) is 1. The van der Waals surface area contributed by atoms with Gasteiger partial charge in [-0.2, -0.15) is 0 Å². The van der Waals surface area contributed by atoms with Gasteiger partial charge in [0, 0.05) is 24.4 Å². The molecule has 7 nitrogen and oxygen atoms in total. The molecule has 0 bridgehead atoms. The van der Waals surface area contributed by atoms with Crippen molar-refractivity contribution in [2.45, 2.75) is 45.6 Å². The van der Waals surface area contributed by atoms with Crippen molar-refractivity contribution in [3.63, 3.8) is 0 Å². The number of allylic oxidation sites excluding steroid dienone is 1. The van der Waals surface area contributed by atoms with Crippen molar-refractivity contribution in [2.24, 2.45) is 11.1 Å². The first-order valence-corrected chi connectivity index (χ1v) is 8.82. The maximum atomic E-state index is 12.6. The maximum Gasteiger partial charge on any atom is 0.268 e. The van der Waals surface area contributed by atoms with Crippen molar-refractivity contribution in [3.05, 3.63) is 23.0 Å². The highest BCUT2D eigenvalue weighted by atomic mass is 16.2. The number of aromatic amines is 1. The molecule has 1 aliphatic carbocycles. The predicted molar refractivity (Wildman–Crippen MR) is 97.5 cm³/mol. The first-order chi connectivity index (χ1) is 11.8. The molecule has 3 rings (SSSR count). The van der Waals surface area contributed by atoms with Crippen LogP contribution in [-0.2, 0) is 4.79 Å². The van der Waals surface area contributed by atoms with Crippen molar-refractivity contribution in [2.75, 3.05) is 18.8 Å². The number of rotatable bonds is 4. The molecular weight excluding hydrogens is 318 g/mol. The highest BCUT2D eigenvalue weighted by molar-refractivity contribution is 5.97. The van der Waals surface area contributed by atoms with Crippen LogP contribution < -0.4 is 16.8 Å². The van der Waals surface area contributed by atoms with Crippen molar-refractivity contribution in [1.82, 2.24) is 15.2 Å². The van der Waals surface area contributed by atoms with Crippen LogP contribution in [0, 0.1) is 5.41 Å². The fourth-order valence-corrected chi connectivity index (χ4v) is 3.46. The van der Waals surface area contributed by atoms with Gasteiger partial charge in [-0.1, -0.05) is 0 Å². The lowest BCUT2D eigenvalue weighted by Gasteiger charge is -2.33. The highest BCUT2D eigenvalue weighted by Crippen LogP contribution is 2.53. The Morgan fingerprint density at radius 3 is 2.52 bits per heavy atom. The van der Waals surface area contributed by atoms with E-state index in [2.05, 4.69) is 10.3 Å². The molecule has 25 heavy (non-hydrogen) atoms. The summed E-state index contributed by atoms with van der Waals surface area (Å²) in [5, 5.41) is 2.75. The third-order valence-electron chi connectivity index (χ3n) is 5.32. The molecular formula is C18H27N5O2. The van der Waals surface area contributed by atoms with Gasteiger partial charge in [-0.15, -0.1) is 0 Å². The van der Waals surface area contributed by atoms with E-state index in [0.29, 0.717) is 28.2 Å². The number of nitrogens with two attached hydrogens (primary N) is 2. The summed E-state index contributed by atoms with van der Waals surface area (Å²) in [6.45, 7) is 5.05. The van der Waals surface area contributed by atoms with Gasteiger partial charge in [-0.3, -0.25) is 9.59 Å². The Morgan fingerprint density at radius 2 is 1.96 bits per heavy atom. The molecule has 6 N–H and O–H groups in total. The van der Waals surface area contributed by atoms with E-state index in [9.17, 15) is 9.59 Å². The molecule has 0 unspecified atom stereocenters. The number of hydrogen-bond acceptors (Lipinski definition) is 4. The Morgan fingerprint density at radius 1 is 1.32 bits per heavy atom. The van der Waals surface area contributed by atoms with Crippen LogP contribution in [0.1, 0.15) is 55.6 Å². The van der Waals surface area contributed by atoms with Crippen molar-refractivity contribution < 1.29 is 9.59 Å². The molecule has 1 saturated carbocycles. The number of amides is 2. The van der Waals surface area contributed by atoms with E-state index < -0.39 is 6.04 Å². The fourth-order valence-electron chi connectivity index (χ4n) is 3.46. The van der Waals surface area contributed by atoms with Gasteiger partial charge >= 0.3 is 0 Å². The summed E-state index contributed by atoms with van der Waals surface area (Å²) in [5.74, 6) is -0.00135. The molecule has 2 aliphatic rings. The van der Waals surface area contributed by atoms with Crippen LogP contribution in [0.4, 0.5) is 5.82 Å². The summed E-state index contributed by atoms with van der Waals surface area (Å²) in [7, 11) is 0. The van der Waals surface area contributed by atoms with E-state index in [1.165, 1.54) is 12.8 Å². The molecule has 0 radical (unpaired) electrons. The zero-order chi connectivity index (χ0) is 18.2. The molecule has 1 aliphatic heterocycles. The highest BCUT2D eigenvalue weighted by Gasteiger charge is 2.45. The number of nitrogens with zero attached hydrogens (tertiary/aromatic N) is 1. The molecule has 2 fully saturated rings. The monoisotopic (exact) mass is 345 g/mol. The standard InChI is InChI=1S/C18H27N5O2/c1-11(19)9-13-10-14(22-15(13)20)16(24)21-12(2)17(25)23-7-5-18(3-4-18)6-8-23/h9-10,12,22H,3-8,19-20H2,1-2H3,(H,21,24)/b11-9-/t12-/m1/s1. The van der Waals surface area contributed by atoms with Gasteiger partial charge < -0.3 is 26.7 Å². The number of aromatic nitrogens is 1. The summed E-state index contributed by atoms with van der Waals surface area (Å²) >= 11 is 0. The number of H-pyrrole nitrogens is 1. The number of piperidine rings is 1. The van der Waals surface area contributed by atoms with Crippen LogP contribution in [0.25, 0.3) is 6.08 Å². The average Bonchev–Trinajstić information content (AvgIpc) is 3.21. The van der Waals surface area contributed by atoms with Gasteiger partial charge in [0.1, 0.15) is 17.6 Å². The predicted octanol–water partition coefficient (Wildman–Crippen LogP) is 1.44. The van der Waals surface area contributed by atoms with Crippen LogP contribution >= 0.6 is 0 Å². The number of hydrogen-bond donors (Lipinski definition) is 4. The minimum atomic E-state index is -0.569. The summed E-state index contributed by atoms with van der Waals surface area (Å²) in [5.41, 5.74) is 13.6. The lowest BCUT2D eigenvalue weighted by Crippen LogP contribution is -2.49. The summed E-state index contributed by atoms with van der Waals surface area (Å²) in [6.07, 6.45) is 6.46. The molecule has 0 aromatic carbocycles. The average molecular weight is 345 g/mol. The molecule has 1 aromatic rings. The van der Waals surface area contributed by atoms with E-state index in [-0.39, 0.29) is 11.8 Å². The van der Waals surface area contributed by atoms with Gasteiger partial charge in [0.05, 0.1) is 0 Å². The summed E-state index contributed by atoms with van der Waals surface area (Å²) in [4.78, 5) is 29.6. The lowest BCUT2D eigenvalue weighted by molar-refractivity contribution is -0.134. The van der Waals surface area contributed by atoms with Crippen LogP contribution in [-0.4, -0.2) is 40.8 Å². The summed E-state index contributed by atoms with van der Waals surface area (Å²) < 4.78 is 0. The first-order valence-electron chi connectivity index (χ1n) is 8.82. The Balaban J connectivity index is 1.58. The SMILES string of the molecule is C/C(N)=C/c1cc(C(=O)N[C@H](C)C(=O)N2CCC3(CC2)CC3)[nH]c1N. The van der Waals surface area contributed by atoms with Gasteiger partial charge in [-0.25, -0.2) is 0 Å². The molecule has 1 aromatic heterocycles. The molecule has 1 atom stereocenters.